The molecule has 2 rings (SSSR count). The van der Waals surface area contributed by atoms with E-state index in [1.807, 2.05) is 0 Å². The predicted octanol–water partition coefficient (Wildman–Crippen LogP) is 4.51. The SMILES string of the molecule is CCC[C@@H](CCC(C)C)C(=O)NC(=O)N1CCN(c2ccc(C)c(C)c2)CC1. The highest BCUT2D eigenvalue weighted by Crippen LogP contribution is 2.21. The third-order valence-corrected chi connectivity index (χ3v) is 5.75. The average molecular weight is 388 g/mol. The Morgan fingerprint density at radius 1 is 1.00 bits per heavy atom. The van der Waals surface area contributed by atoms with Crippen LogP contribution in [0, 0.1) is 25.7 Å². The molecule has 3 amide bonds. The number of imide groups is 1. The topological polar surface area (TPSA) is 52.7 Å². The van der Waals surface area contributed by atoms with Crippen molar-refractivity contribution in [2.75, 3.05) is 31.1 Å². The van der Waals surface area contributed by atoms with Crippen molar-refractivity contribution in [2.45, 2.75) is 60.3 Å². The van der Waals surface area contributed by atoms with Crippen molar-refractivity contribution in [2.24, 2.45) is 11.8 Å². The standard InChI is InChI=1S/C23H37N3O2/c1-6-7-20(10-8-17(2)3)22(27)24-23(28)26-14-12-25(13-15-26)21-11-9-18(4)19(5)16-21/h9,11,16-17,20H,6-8,10,12-15H2,1-5H3,(H,24,27,28)/t20-/m0/s1. The molecule has 1 fully saturated rings. The van der Waals surface area contributed by atoms with E-state index in [1.165, 1.54) is 16.8 Å². The molecule has 1 heterocycles. The number of piperazine rings is 1. The fourth-order valence-corrected chi connectivity index (χ4v) is 3.67. The summed E-state index contributed by atoms with van der Waals surface area (Å²) in [6.07, 6.45) is 3.66. The van der Waals surface area contributed by atoms with Gasteiger partial charge in [-0.3, -0.25) is 10.1 Å². The van der Waals surface area contributed by atoms with E-state index in [2.05, 4.69) is 63.0 Å². The number of urea groups is 1. The van der Waals surface area contributed by atoms with Gasteiger partial charge in [0.1, 0.15) is 0 Å². The summed E-state index contributed by atoms with van der Waals surface area (Å²) < 4.78 is 0. The molecular weight excluding hydrogens is 350 g/mol. The van der Waals surface area contributed by atoms with Gasteiger partial charge < -0.3 is 9.80 Å². The van der Waals surface area contributed by atoms with Gasteiger partial charge in [-0.1, -0.05) is 39.7 Å². The van der Waals surface area contributed by atoms with E-state index in [4.69, 9.17) is 0 Å². The summed E-state index contributed by atoms with van der Waals surface area (Å²) >= 11 is 0. The summed E-state index contributed by atoms with van der Waals surface area (Å²) in [6.45, 7) is 13.5. The zero-order valence-corrected chi connectivity index (χ0v) is 18.3. The van der Waals surface area contributed by atoms with Gasteiger partial charge in [-0.25, -0.2) is 4.79 Å². The van der Waals surface area contributed by atoms with E-state index in [0.717, 1.165) is 38.8 Å². The molecule has 5 heteroatoms. The van der Waals surface area contributed by atoms with Crippen LogP contribution in [0.25, 0.3) is 0 Å². The maximum Gasteiger partial charge on any atom is 0.324 e. The number of anilines is 1. The minimum absolute atomic E-state index is 0.0619. The van der Waals surface area contributed by atoms with E-state index in [0.29, 0.717) is 19.0 Å². The van der Waals surface area contributed by atoms with E-state index in [-0.39, 0.29) is 17.9 Å². The quantitative estimate of drug-likeness (QED) is 0.749. The summed E-state index contributed by atoms with van der Waals surface area (Å²) in [4.78, 5) is 29.2. The van der Waals surface area contributed by atoms with E-state index in [9.17, 15) is 9.59 Å². The number of aryl methyl sites for hydroxylation is 2. The van der Waals surface area contributed by atoms with Crippen molar-refractivity contribution in [3.63, 3.8) is 0 Å². The molecule has 28 heavy (non-hydrogen) atoms. The van der Waals surface area contributed by atoms with Gasteiger partial charge in [0.05, 0.1) is 0 Å². The molecular formula is C23H37N3O2. The fourth-order valence-electron chi connectivity index (χ4n) is 3.67. The Balaban J connectivity index is 1.86. The van der Waals surface area contributed by atoms with Crippen LogP contribution < -0.4 is 10.2 Å². The highest BCUT2D eigenvalue weighted by atomic mass is 16.2. The van der Waals surface area contributed by atoms with Crippen LogP contribution in [0.5, 0.6) is 0 Å². The fraction of sp³-hybridized carbons (Fsp3) is 0.652. The van der Waals surface area contributed by atoms with Crippen molar-refractivity contribution in [3.8, 4) is 0 Å². The number of hydrogen-bond acceptors (Lipinski definition) is 3. The molecule has 156 valence electrons. The Morgan fingerprint density at radius 2 is 1.68 bits per heavy atom. The van der Waals surface area contributed by atoms with Crippen molar-refractivity contribution in [1.82, 2.24) is 10.2 Å². The number of rotatable bonds is 7. The maximum absolute atomic E-state index is 12.6. The molecule has 1 aromatic carbocycles. The van der Waals surface area contributed by atoms with Crippen LogP contribution in [0.3, 0.4) is 0 Å². The smallest absolute Gasteiger partial charge is 0.324 e. The molecule has 1 aliphatic heterocycles. The van der Waals surface area contributed by atoms with Crippen molar-refractivity contribution in [3.05, 3.63) is 29.3 Å². The summed E-state index contributed by atoms with van der Waals surface area (Å²) in [5.74, 6) is 0.401. The molecule has 1 atom stereocenters. The Hall–Kier alpha value is -2.04. The van der Waals surface area contributed by atoms with Crippen LogP contribution in [0.15, 0.2) is 18.2 Å². The molecule has 0 aromatic heterocycles. The summed E-state index contributed by atoms with van der Waals surface area (Å²) in [7, 11) is 0. The molecule has 0 saturated carbocycles. The number of carbonyl (C=O) groups is 2. The van der Waals surface area contributed by atoms with Crippen LogP contribution in [-0.2, 0) is 4.79 Å². The molecule has 5 nitrogen and oxygen atoms in total. The third-order valence-electron chi connectivity index (χ3n) is 5.75. The summed E-state index contributed by atoms with van der Waals surface area (Å²) in [5.41, 5.74) is 3.78. The van der Waals surface area contributed by atoms with Crippen LogP contribution in [0.1, 0.15) is 57.6 Å². The van der Waals surface area contributed by atoms with Crippen LogP contribution in [0.4, 0.5) is 10.5 Å². The van der Waals surface area contributed by atoms with Crippen molar-refractivity contribution in [1.29, 1.82) is 0 Å². The highest BCUT2D eigenvalue weighted by molar-refractivity contribution is 5.95. The normalized spacial score (nSPS) is 15.6. The minimum Gasteiger partial charge on any atom is -0.368 e. The van der Waals surface area contributed by atoms with Gasteiger partial charge in [0.15, 0.2) is 0 Å². The lowest BCUT2D eigenvalue weighted by Crippen LogP contribution is -2.53. The van der Waals surface area contributed by atoms with Gasteiger partial charge in [-0.2, -0.15) is 0 Å². The molecule has 1 aromatic rings. The molecule has 0 radical (unpaired) electrons. The Morgan fingerprint density at radius 3 is 2.25 bits per heavy atom. The molecule has 0 spiro atoms. The van der Waals surface area contributed by atoms with Gasteiger partial charge in [-0.05, 0) is 55.9 Å². The molecule has 1 N–H and O–H groups in total. The number of nitrogens with one attached hydrogen (secondary N) is 1. The van der Waals surface area contributed by atoms with Gasteiger partial charge in [0, 0.05) is 37.8 Å². The van der Waals surface area contributed by atoms with E-state index < -0.39 is 0 Å². The Bertz CT molecular complexity index is 664. The van der Waals surface area contributed by atoms with Gasteiger partial charge >= 0.3 is 6.03 Å². The highest BCUT2D eigenvalue weighted by Gasteiger charge is 2.25. The lowest BCUT2D eigenvalue weighted by atomic mass is 9.93. The first-order valence-electron chi connectivity index (χ1n) is 10.7. The number of nitrogens with zero attached hydrogens (tertiary/aromatic N) is 2. The first-order chi connectivity index (χ1) is 13.3. The lowest BCUT2D eigenvalue weighted by molar-refractivity contribution is -0.124. The number of amides is 3. The number of hydrogen-bond donors (Lipinski definition) is 1. The zero-order chi connectivity index (χ0) is 20.7. The molecule has 1 aliphatic rings. The van der Waals surface area contributed by atoms with Crippen molar-refractivity contribution < 1.29 is 9.59 Å². The second-order valence-corrected chi connectivity index (χ2v) is 8.49. The van der Waals surface area contributed by atoms with Crippen LogP contribution >= 0.6 is 0 Å². The lowest BCUT2D eigenvalue weighted by Gasteiger charge is -2.36. The maximum atomic E-state index is 12.6. The number of benzene rings is 1. The molecule has 0 unspecified atom stereocenters. The summed E-state index contributed by atoms with van der Waals surface area (Å²) in [5, 5.41) is 2.66. The molecule has 0 aliphatic carbocycles. The molecule has 1 saturated heterocycles. The zero-order valence-electron chi connectivity index (χ0n) is 18.3. The van der Waals surface area contributed by atoms with Gasteiger partial charge in [-0.15, -0.1) is 0 Å². The van der Waals surface area contributed by atoms with Gasteiger partial charge in [0.2, 0.25) is 5.91 Å². The Kier molecular flexibility index (Phi) is 8.34. The second kappa shape index (κ2) is 10.5. The minimum atomic E-state index is -0.240. The first kappa shape index (κ1) is 22.3. The monoisotopic (exact) mass is 387 g/mol. The van der Waals surface area contributed by atoms with Crippen LogP contribution in [-0.4, -0.2) is 43.0 Å². The second-order valence-electron chi connectivity index (χ2n) is 8.49. The largest absolute Gasteiger partial charge is 0.368 e. The number of carbonyl (C=O) groups excluding carboxylic acids is 2. The Labute approximate surface area is 170 Å². The van der Waals surface area contributed by atoms with E-state index >= 15 is 0 Å². The van der Waals surface area contributed by atoms with Crippen molar-refractivity contribution >= 4 is 17.6 Å². The predicted molar refractivity (Wildman–Crippen MR) is 116 cm³/mol. The van der Waals surface area contributed by atoms with Gasteiger partial charge in [0.25, 0.3) is 0 Å². The first-order valence-corrected chi connectivity index (χ1v) is 10.7. The third kappa shape index (κ3) is 6.25. The molecule has 0 bridgehead atoms. The van der Waals surface area contributed by atoms with Crippen LogP contribution in [0.2, 0.25) is 0 Å². The van der Waals surface area contributed by atoms with E-state index in [1.54, 1.807) is 4.90 Å². The summed E-state index contributed by atoms with van der Waals surface area (Å²) in [6, 6.07) is 6.26. The average Bonchev–Trinajstić information content (AvgIpc) is 2.67.